The fraction of sp³-hybridized carbons (Fsp3) is 0.571. The highest BCUT2D eigenvalue weighted by atomic mass is 79.9. The second kappa shape index (κ2) is 6.55. The van der Waals surface area contributed by atoms with Crippen LogP contribution in [0.1, 0.15) is 19.4 Å². The average molecular weight is 315 g/mol. The number of likely N-dealkylation sites (N-methyl/N-ethyl adjacent to an activating group) is 1. The maximum absolute atomic E-state index is 5.36. The third-order valence-electron chi connectivity index (χ3n) is 3.33. The molecule has 1 N–H and O–H groups in total. The summed E-state index contributed by atoms with van der Waals surface area (Å²) >= 11 is 3.49. The summed E-state index contributed by atoms with van der Waals surface area (Å²) in [5.74, 6) is 0.924. The zero-order chi connectivity index (χ0) is 13.8. The van der Waals surface area contributed by atoms with E-state index in [0.29, 0.717) is 0 Å². The van der Waals surface area contributed by atoms with E-state index in [0.717, 1.165) is 23.3 Å². The molecule has 0 unspecified atom stereocenters. The van der Waals surface area contributed by atoms with Gasteiger partial charge in [-0.15, -0.1) is 0 Å². The van der Waals surface area contributed by atoms with Gasteiger partial charge in [-0.3, -0.25) is 0 Å². The van der Waals surface area contributed by atoms with E-state index in [1.54, 1.807) is 7.11 Å². The Balaban J connectivity index is 2.61. The first kappa shape index (κ1) is 15.5. The van der Waals surface area contributed by atoms with Gasteiger partial charge in [-0.2, -0.15) is 0 Å². The molecule has 18 heavy (non-hydrogen) atoms. The fourth-order valence-electron chi connectivity index (χ4n) is 1.55. The zero-order valence-corrected chi connectivity index (χ0v) is 13.5. The second-order valence-corrected chi connectivity index (χ2v) is 6.18. The molecule has 3 nitrogen and oxygen atoms in total. The van der Waals surface area contributed by atoms with Gasteiger partial charge in [0.25, 0.3) is 0 Å². The Morgan fingerprint density at radius 2 is 2.00 bits per heavy atom. The fourth-order valence-corrected chi connectivity index (χ4v) is 1.95. The van der Waals surface area contributed by atoms with Gasteiger partial charge in [-0.05, 0) is 46.1 Å². The summed E-state index contributed by atoms with van der Waals surface area (Å²) in [7, 11) is 5.90. The van der Waals surface area contributed by atoms with Gasteiger partial charge in [0.15, 0.2) is 0 Å². The van der Waals surface area contributed by atoms with Crippen LogP contribution < -0.4 is 10.1 Å². The standard InChI is InChI=1S/C14H23BrN2O/c1-14(2,17(3)4)10-16-9-11-8-12(15)6-7-13(11)18-5/h6-8,16H,9-10H2,1-5H3. The van der Waals surface area contributed by atoms with Gasteiger partial charge in [0.05, 0.1) is 7.11 Å². The molecule has 1 aromatic carbocycles. The maximum Gasteiger partial charge on any atom is 0.123 e. The third-order valence-corrected chi connectivity index (χ3v) is 3.82. The van der Waals surface area contributed by atoms with Crippen molar-refractivity contribution in [3.05, 3.63) is 28.2 Å². The van der Waals surface area contributed by atoms with E-state index >= 15 is 0 Å². The van der Waals surface area contributed by atoms with Crippen LogP contribution in [0.3, 0.4) is 0 Å². The predicted octanol–water partition coefficient (Wildman–Crippen LogP) is 2.89. The number of rotatable bonds is 6. The van der Waals surface area contributed by atoms with Crippen LogP contribution in [0.25, 0.3) is 0 Å². The molecule has 0 saturated carbocycles. The number of halogens is 1. The van der Waals surface area contributed by atoms with Crippen LogP contribution in [0.4, 0.5) is 0 Å². The lowest BCUT2D eigenvalue weighted by Gasteiger charge is -2.32. The minimum atomic E-state index is 0.138. The van der Waals surface area contributed by atoms with Crippen molar-refractivity contribution in [2.75, 3.05) is 27.7 Å². The van der Waals surface area contributed by atoms with E-state index in [2.05, 4.69) is 60.2 Å². The van der Waals surface area contributed by atoms with Crippen LogP contribution in [-0.4, -0.2) is 38.2 Å². The number of nitrogens with zero attached hydrogens (tertiary/aromatic N) is 1. The monoisotopic (exact) mass is 314 g/mol. The number of ether oxygens (including phenoxy) is 1. The molecule has 1 rings (SSSR count). The number of nitrogens with one attached hydrogen (secondary N) is 1. The maximum atomic E-state index is 5.36. The van der Waals surface area contributed by atoms with Crippen molar-refractivity contribution in [2.24, 2.45) is 0 Å². The van der Waals surface area contributed by atoms with Crippen molar-refractivity contribution in [2.45, 2.75) is 25.9 Å². The molecular weight excluding hydrogens is 292 g/mol. The molecule has 0 aliphatic heterocycles. The molecule has 102 valence electrons. The average Bonchev–Trinajstić information content (AvgIpc) is 2.29. The van der Waals surface area contributed by atoms with Gasteiger partial charge >= 0.3 is 0 Å². The molecule has 0 spiro atoms. The lowest BCUT2D eigenvalue weighted by molar-refractivity contribution is 0.189. The first-order chi connectivity index (χ1) is 8.36. The van der Waals surface area contributed by atoms with Crippen LogP contribution in [-0.2, 0) is 6.54 Å². The Labute approximate surface area is 119 Å². The largest absolute Gasteiger partial charge is 0.496 e. The summed E-state index contributed by atoms with van der Waals surface area (Å²) in [6.07, 6.45) is 0. The Bertz CT molecular complexity index is 391. The van der Waals surface area contributed by atoms with Gasteiger partial charge in [-0.1, -0.05) is 15.9 Å². The van der Waals surface area contributed by atoms with Crippen molar-refractivity contribution in [3.8, 4) is 5.75 Å². The number of benzene rings is 1. The molecule has 0 aliphatic carbocycles. The third kappa shape index (κ3) is 4.26. The SMILES string of the molecule is COc1ccc(Br)cc1CNCC(C)(C)N(C)C. The van der Waals surface area contributed by atoms with E-state index < -0.39 is 0 Å². The summed E-state index contributed by atoms with van der Waals surface area (Å²) < 4.78 is 6.44. The lowest BCUT2D eigenvalue weighted by atomic mass is 10.0. The van der Waals surface area contributed by atoms with Gasteiger partial charge < -0.3 is 15.0 Å². The highest BCUT2D eigenvalue weighted by Gasteiger charge is 2.19. The van der Waals surface area contributed by atoms with Crippen LogP contribution in [0.2, 0.25) is 0 Å². The molecule has 0 bridgehead atoms. The van der Waals surface area contributed by atoms with E-state index in [1.165, 1.54) is 5.56 Å². The van der Waals surface area contributed by atoms with E-state index in [9.17, 15) is 0 Å². The van der Waals surface area contributed by atoms with E-state index in [-0.39, 0.29) is 5.54 Å². The van der Waals surface area contributed by atoms with Crippen LogP contribution in [0.15, 0.2) is 22.7 Å². The van der Waals surface area contributed by atoms with Crippen molar-refractivity contribution in [3.63, 3.8) is 0 Å². The molecule has 0 saturated heterocycles. The summed E-state index contributed by atoms with van der Waals surface area (Å²) in [6, 6.07) is 6.07. The second-order valence-electron chi connectivity index (χ2n) is 5.27. The lowest BCUT2D eigenvalue weighted by Crippen LogP contribution is -2.46. The first-order valence-electron chi connectivity index (χ1n) is 6.07. The number of hydrogen-bond donors (Lipinski definition) is 1. The van der Waals surface area contributed by atoms with Crippen LogP contribution in [0, 0.1) is 0 Å². The number of methoxy groups -OCH3 is 1. The number of hydrogen-bond acceptors (Lipinski definition) is 3. The summed E-state index contributed by atoms with van der Waals surface area (Å²) in [4.78, 5) is 2.22. The minimum absolute atomic E-state index is 0.138. The van der Waals surface area contributed by atoms with Crippen molar-refractivity contribution >= 4 is 15.9 Å². The topological polar surface area (TPSA) is 24.5 Å². The Morgan fingerprint density at radius 3 is 2.56 bits per heavy atom. The van der Waals surface area contributed by atoms with Gasteiger partial charge in [0.2, 0.25) is 0 Å². The quantitative estimate of drug-likeness (QED) is 0.873. The molecule has 0 aromatic heterocycles. The van der Waals surface area contributed by atoms with Gasteiger partial charge in [0.1, 0.15) is 5.75 Å². The Morgan fingerprint density at radius 1 is 1.33 bits per heavy atom. The van der Waals surface area contributed by atoms with Crippen LogP contribution in [0.5, 0.6) is 5.75 Å². The molecule has 0 radical (unpaired) electrons. The van der Waals surface area contributed by atoms with Gasteiger partial charge in [-0.25, -0.2) is 0 Å². The molecule has 0 aliphatic rings. The van der Waals surface area contributed by atoms with Crippen molar-refractivity contribution < 1.29 is 4.74 Å². The predicted molar refractivity (Wildman–Crippen MR) is 80.2 cm³/mol. The molecule has 0 atom stereocenters. The molecule has 0 amide bonds. The van der Waals surface area contributed by atoms with Crippen molar-refractivity contribution in [1.29, 1.82) is 0 Å². The molecule has 4 heteroatoms. The first-order valence-corrected chi connectivity index (χ1v) is 6.86. The summed E-state index contributed by atoms with van der Waals surface area (Å²) in [5, 5.41) is 3.48. The Hall–Kier alpha value is -0.580. The van der Waals surface area contributed by atoms with E-state index in [4.69, 9.17) is 4.74 Å². The van der Waals surface area contributed by atoms with Crippen molar-refractivity contribution in [1.82, 2.24) is 10.2 Å². The van der Waals surface area contributed by atoms with Gasteiger partial charge in [0, 0.05) is 28.7 Å². The summed E-state index contributed by atoms with van der Waals surface area (Å²) in [6.45, 7) is 6.17. The Kier molecular flexibility index (Phi) is 5.63. The molecule has 0 fully saturated rings. The van der Waals surface area contributed by atoms with E-state index in [1.807, 2.05) is 12.1 Å². The van der Waals surface area contributed by atoms with Crippen LogP contribution >= 0.6 is 15.9 Å². The highest BCUT2D eigenvalue weighted by Crippen LogP contribution is 2.22. The summed E-state index contributed by atoms with van der Waals surface area (Å²) in [5.41, 5.74) is 1.31. The zero-order valence-electron chi connectivity index (χ0n) is 11.9. The highest BCUT2D eigenvalue weighted by molar-refractivity contribution is 9.10. The minimum Gasteiger partial charge on any atom is -0.496 e. The normalized spacial score (nSPS) is 11.9. The molecule has 1 aromatic rings. The smallest absolute Gasteiger partial charge is 0.123 e. The molecular formula is C14H23BrN2O. The molecule has 0 heterocycles.